The predicted molar refractivity (Wildman–Crippen MR) is 82.6 cm³/mol. The average molecular weight is 333 g/mol. The molecule has 0 heterocycles. The SMILES string of the molecule is COc1ccccc1/C(=C/c1ccc(Br)cc1)C(=O)O. The molecule has 0 aliphatic rings. The topological polar surface area (TPSA) is 46.5 Å². The molecule has 0 spiro atoms. The molecule has 2 rings (SSSR count). The number of carboxylic acid groups (broad SMARTS) is 1. The van der Waals surface area contributed by atoms with Gasteiger partial charge in [0.15, 0.2) is 0 Å². The van der Waals surface area contributed by atoms with Gasteiger partial charge >= 0.3 is 5.97 Å². The highest BCUT2D eigenvalue weighted by atomic mass is 79.9. The quantitative estimate of drug-likeness (QED) is 0.677. The Kier molecular flexibility index (Phi) is 4.58. The van der Waals surface area contributed by atoms with Crippen LogP contribution in [0.3, 0.4) is 0 Å². The van der Waals surface area contributed by atoms with E-state index >= 15 is 0 Å². The lowest BCUT2D eigenvalue weighted by atomic mass is 10.0. The smallest absolute Gasteiger partial charge is 0.336 e. The van der Waals surface area contributed by atoms with Crippen LogP contribution in [0.25, 0.3) is 11.6 Å². The van der Waals surface area contributed by atoms with Gasteiger partial charge in [0.2, 0.25) is 0 Å². The lowest BCUT2D eigenvalue weighted by Crippen LogP contribution is -2.01. The van der Waals surface area contributed by atoms with Crippen LogP contribution >= 0.6 is 15.9 Å². The van der Waals surface area contributed by atoms with E-state index in [1.807, 2.05) is 24.3 Å². The van der Waals surface area contributed by atoms with Crippen LogP contribution < -0.4 is 4.74 Å². The number of hydrogen-bond donors (Lipinski definition) is 1. The third kappa shape index (κ3) is 3.27. The van der Waals surface area contributed by atoms with Crippen molar-refractivity contribution in [3.8, 4) is 5.75 Å². The molecule has 2 aromatic rings. The molecule has 0 bridgehead atoms. The van der Waals surface area contributed by atoms with E-state index in [1.54, 1.807) is 30.3 Å². The van der Waals surface area contributed by atoms with Gasteiger partial charge in [-0.05, 0) is 29.8 Å². The highest BCUT2D eigenvalue weighted by molar-refractivity contribution is 9.10. The summed E-state index contributed by atoms with van der Waals surface area (Å²) in [5.74, 6) is -0.448. The Morgan fingerprint density at radius 2 is 1.80 bits per heavy atom. The van der Waals surface area contributed by atoms with Gasteiger partial charge in [0.25, 0.3) is 0 Å². The van der Waals surface area contributed by atoms with Crippen molar-refractivity contribution in [3.05, 3.63) is 64.1 Å². The van der Waals surface area contributed by atoms with E-state index in [-0.39, 0.29) is 5.57 Å². The summed E-state index contributed by atoms with van der Waals surface area (Å²) in [4.78, 5) is 11.5. The zero-order valence-corrected chi connectivity index (χ0v) is 12.4. The van der Waals surface area contributed by atoms with Gasteiger partial charge in [-0.2, -0.15) is 0 Å². The number of carboxylic acids is 1. The maximum absolute atomic E-state index is 11.5. The van der Waals surface area contributed by atoms with Crippen molar-refractivity contribution in [2.75, 3.05) is 7.11 Å². The second-order valence-electron chi connectivity index (χ2n) is 4.12. The Labute approximate surface area is 125 Å². The molecule has 0 radical (unpaired) electrons. The summed E-state index contributed by atoms with van der Waals surface area (Å²) in [6.45, 7) is 0. The summed E-state index contributed by atoms with van der Waals surface area (Å²) in [6.07, 6.45) is 1.63. The zero-order chi connectivity index (χ0) is 14.5. The van der Waals surface area contributed by atoms with Gasteiger partial charge in [0, 0.05) is 10.0 Å². The number of methoxy groups -OCH3 is 1. The van der Waals surface area contributed by atoms with Crippen LogP contribution in [0.2, 0.25) is 0 Å². The van der Waals surface area contributed by atoms with E-state index in [0.29, 0.717) is 11.3 Å². The summed E-state index contributed by atoms with van der Waals surface area (Å²) in [7, 11) is 1.53. The molecule has 0 saturated carbocycles. The fourth-order valence-electron chi connectivity index (χ4n) is 1.85. The normalized spacial score (nSPS) is 11.2. The number of ether oxygens (including phenoxy) is 1. The van der Waals surface area contributed by atoms with E-state index in [0.717, 1.165) is 10.0 Å². The first-order chi connectivity index (χ1) is 9.61. The third-order valence-corrected chi connectivity index (χ3v) is 3.34. The molecule has 0 aromatic heterocycles. The van der Waals surface area contributed by atoms with Crippen molar-refractivity contribution in [3.63, 3.8) is 0 Å². The molecule has 0 unspecified atom stereocenters. The summed E-state index contributed by atoms with van der Waals surface area (Å²) < 4.78 is 6.17. The Morgan fingerprint density at radius 3 is 2.40 bits per heavy atom. The van der Waals surface area contributed by atoms with E-state index in [2.05, 4.69) is 15.9 Å². The van der Waals surface area contributed by atoms with Crippen LogP contribution in [0.1, 0.15) is 11.1 Å². The van der Waals surface area contributed by atoms with Crippen LogP contribution in [0.5, 0.6) is 5.75 Å². The molecule has 0 aliphatic carbocycles. The van der Waals surface area contributed by atoms with Crippen LogP contribution in [-0.4, -0.2) is 18.2 Å². The maximum Gasteiger partial charge on any atom is 0.336 e. The highest BCUT2D eigenvalue weighted by Crippen LogP contribution is 2.28. The minimum atomic E-state index is -0.989. The number of halogens is 1. The van der Waals surface area contributed by atoms with Crippen molar-refractivity contribution in [1.82, 2.24) is 0 Å². The summed E-state index contributed by atoms with van der Waals surface area (Å²) in [6, 6.07) is 14.5. The molecule has 3 nitrogen and oxygen atoms in total. The van der Waals surface area contributed by atoms with Crippen LogP contribution in [0.15, 0.2) is 53.0 Å². The maximum atomic E-state index is 11.5. The molecule has 20 heavy (non-hydrogen) atoms. The molecule has 1 N–H and O–H groups in total. The van der Waals surface area contributed by atoms with Gasteiger partial charge in [-0.1, -0.05) is 46.3 Å². The van der Waals surface area contributed by atoms with Gasteiger partial charge in [-0.3, -0.25) is 0 Å². The standard InChI is InChI=1S/C16H13BrO3/c1-20-15-5-3-2-4-13(15)14(16(18)19)10-11-6-8-12(17)9-7-11/h2-10H,1H3,(H,18,19)/b14-10-. The first-order valence-corrected chi connectivity index (χ1v) is 6.75. The lowest BCUT2D eigenvalue weighted by Gasteiger charge is -2.09. The molecule has 2 aromatic carbocycles. The Balaban J connectivity index is 2.51. The van der Waals surface area contributed by atoms with Gasteiger partial charge in [0.05, 0.1) is 12.7 Å². The largest absolute Gasteiger partial charge is 0.496 e. The first kappa shape index (κ1) is 14.3. The summed E-state index contributed by atoms with van der Waals surface area (Å²) in [5.41, 5.74) is 1.58. The fraction of sp³-hybridized carbons (Fsp3) is 0.0625. The van der Waals surface area contributed by atoms with Crippen LogP contribution in [0, 0.1) is 0 Å². The van der Waals surface area contributed by atoms with Gasteiger partial charge in [0.1, 0.15) is 5.75 Å². The fourth-order valence-corrected chi connectivity index (χ4v) is 2.11. The second-order valence-corrected chi connectivity index (χ2v) is 5.03. The molecule has 4 heteroatoms. The minimum Gasteiger partial charge on any atom is -0.496 e. The second kappa shape index (κ2) is 6.39. The number of aliphatic carboxylic acids is 1. The Hall–Kier alpha value is -2.07. The van der Waals surface area contributed by atoms with E-state index < -0.39 is 5.97 Å². The van der Waals surface area contributed by atoms with Crippen LogP contribution in [0.4, 0.5) is 0 Å². The molecule has 0 fully saturated rings. The van der Waals surface area contributed by atoms with E-state index in [1.165, 1.54) is 7.11 Å². The van der Waals surface area contributed by atoms with E-state index in [4.69, 9.17) is 4.74 Å². The number of hydrogen-bond acceptors (Lipinski definition) is 2. The van der Waals surface area contributed by atoms with E-state index in [9.17, 15) is 9.90 Å². The Bertz CT molecular complexity index is 645. The van der Waals surface area contributed by atoms with Gasteiger partial charge in [-0.15, -0.1) is 0 Å². The molecule has 0 aliphatic heterocycles. The molecule has 0 saturated heterocycles. The highest BCUT2D eigenvalue weighted by Gasteiger charge is 2.14. The molecular formula is C16H13BrO3. The summed E-state index contributed by atoms with van der Waals surface area (Å²) >= 11 is 3.35. The molecular weight excluding hydrogens is 320 g/mol. The summed E-state index contributed by atoms with van der Waals surface area (Å²) in [5, 5.41) is 9.43. The molecule has 102 valence electrons. The van der Waals surface area contributed by atoms with Crippen molar-refractivity contribution in [1.29, 1.82) is 0 Å². The number of benzene rings is 2. The van der Waals surface area contributed by atoms with Gasteiger partial charge in [-0.25, -0.2) is 4.79 Å². The van der Waals surface area contributed by atoms with Gasteiger partial charge < -0.3 is 9.84 Å². The predicted octanol–water partition coefficient (Wildman–Crippen LogP) is 4.08. The minimum absolute atomic E-state index is 0.199. The molecule has 0 atom stereocenters. The van der Waals surface area contributed by atoms with Crippen molar-refractivity contribution in [2.45, 2.75) is 0 Å². The lowest BCUT2D eigenvalue weighted by molar-refractivity contribution is -0.130. The third-order valence-electron chi connectivity index (χ3n) is 2.81. The van der Waals surface area contributed by atoms with Crippen molar-refractivity contribution >= 4 is 33.5 Å². The first-order valence-electron chi connectivity index (χ1n) is 5.96. The molecule has 0 amide bonds. The monoisotopic (exact) mass is 332 g/mol. The zero-order valence-electron chi connectivity index (χ0n) is 10.8. The Morgan fingerprint density at radius 1 is 1.15 bits per heavy atom. The average Bonchev–Trinajstić information content (AvgIpc) is 2.46. The van der Waals surface area contributed by atoms with Crippen molar-refractivity contribution in [2.24, 2.45) is 0 Å². The van der Waals surface area contributed by atoms with Crippen LogP contribution in [-0.2, 0) is 4.79 Å². The number of rotatable bonds is 4. The number of para-hydroxylation sites is 1. The van der Waals surface area contributed by atoms with Crippen molar-refractivity contribution < 1.29 is 14.6 Å². The number of carbonyl (C=O) groups is 1.